The van der Waals surface area contributed by atoms with Gasteiger partial charge in [-0.1, -0.05) is 0 Å². The minimum absolute atomic E-state index is 0.0777. The highest BCUT2D eigenvalue weighted by molar-refractivity contribution is 5.75. The quantitative estimate of drug-likeness (QED) is 0.708. The number of aliphatic carboxylic acids is 1. The van der Waals surface area contributed by atoms with Crippen molar-refractivity contribution in [2.75, 3.05) is 13.7 Å². The summed E-state index contributed by atoms with van der Waals surface area (Å²) in [5.74, 6) is -0.801. The normalized spacial score (nSPS) is 15.1. The van der Waals surface area contributed by atoms with E-state index in [-0.39, 0.29) is 6.10 Å². The van der Waals surface area contributed by atoms with Gasteiger partial charge in [0, 0.05) is 19.2 Å². The molecule has 0 heterocycles. The fraction of sp³-hybridized carbons (Fsp3) is 0.909. The molecule has 0 aliphatic carbocycles. The first-order valence-electron chi connectivity index (χ1n) is 5.16. The molecule has 0 amide bonds. The van der Waals surface area contributed by atoms with Gasteiger partial charge in [-0.05, 0) is 34.6 Å². The Bertz CT molecular complexity index is 224. The molecule has 2 N–H and O–H groups in total. The highest BCUT2D eigenvalue weighted by atomic mass is 16.5. The van der Waals surface area contributed by atoms with Gasteiger partial charge in [-0.3, -0.25) is 4.79 Å². The van der Waals surface area contributed by atoms with Crippen LogP contribution in [0.3, 0.4) is 0 Å². The molecule has 0 aliphatic rings. The fourth-order valence-corrected chi connectivity index (χ4v) is 0.971. The second-order valence-electron chi connectivity index (χ2n) is 4.98. The highest BCUT2D eigenvalue weighted by Gasteiger charge is 2.43. The maximum atomic E-state index is 11.1. The Kier molecular flexibility index (Phi) is 4.74. The molecule has 0 aliphatic heterocycles. The van der Waals surface area contributed by atoms with Crippen molar-refractivity contribution in [1.29, 1.82) is 0 Å². The van der Waals surface area contributed by atoms with Crippen molar-refractivity contribution in [1.82, 2.24) is 5.32 Å². The summed E-state index contributed by atoms with van der Waals surface area (Å²) in [7, 11) is 1.64. The Morgan fingerprint density at radius 2 is 1.87 bits per heavy atom. The van der Waals surface area contributed by atoms with Crippen LogP contribution >= 0.6 is 0 Å². The van der Waals surface area contributed by atoms with Crippen molar-refractivity contribution < 1.29 is 14.6 Å². The summed E-state index contributed by atoms with van der Waals surface area (Å²) in [5.41, 5.74) is -1.30. The number of hydrogen-bond donors (Lipinski definition) is 2. The van der Waals surface area contributed by atoms with E-state index in [1.807, 2.05) is 20.8 Å². The monoisotopic (exact) mass is 217 g/mol. The van der Waals surface area contributed by atoms with Crippen molar-refractivity contribution in [3.05, 3.63) is 0 Å². The summed E-state index contributed by atoms with van der Waals surface area (Å²) < 4.78 is 5.11. The molecule has 0 rings (SSSR count). The van der Waals surface area contributed by atoms with Crippen molar-refractivity contribution in [2.24, 2.45) is 5.41 Å². The lowest BCUT2D eigenvalue weighted by Crippen LogP contribution is -2.56. The number of hydrogen-bond acceptors (Lipinski definition) is 3. The number of carboxylic acid groups (broad SMARTS) is 1. The van der Waals surface area contributed by atoms with Crippen LogP contribution in [0.5, 0.6) is 0 Å². The Labute approximate surface area is 92.0 Å². The van der Waals surface area contributed by atoms with Gasteiger partial charge in [0.05, 0.1) is 11.5 Å². The molecular formula is C11H23NO3. The van der Waals surface area contributed by atoms with Crippen LogP contribution in [-0.2, 0) is 9.53 Å². The molecule has 0 radical (unpaired) electrons. The van der Waals surface area contributed by atoms with Crippen LogP contribution in [0.1, 0.15) is 34.6 Å². The van der Waals surface area contributed by atoms with Crippen LogP contribution < -0.4 is 5.32 Å². The largest absolute Gasteiger partial charge is 0.481 e. The SMILES string of the molecule is COC(C)CNC(C)(C)C(C)(C)C(=O)O. The third-order valence-corrected chi connectivity index (χ3v) is 3.33. The molecule has 0 aromatic heterocycles. The Morgan fingerprint density at radius 1 is 1.40 bits per heavy atom. The van der Waals surface area contributed by atoms with Gasteiger partial charge in [0.15, 0.2) is 0 Å². The molecule has 0 fully saturated rings. The van der Waals surface area contributed by atoms with Crippen LogP contribution in [0.4, 0.5) is 0 Å². The lowest BCUT2D eigenvalue weighted by Gasteiger charge is -2.39. The van der Waals surface area contributed by atoms with Gasteiger partial charge in [-0.2, -0.15) is 0 Å². The number of carbonyl (C=O) groups is 1. The summed E-state index contributed by atoms with van der Waals surface area (Å²) in [6, 6.07) is 0. The van der Waals surface area contributed by atoms with Crippen molar-refractivity contribution in [3.63, 3.8) is 0 Å². The molecule has 15 heavy (non-hydrogen) atoms. The molecule has 0 aromatic carbocycles. The standard InChI is InChI=1S/C11H23NO3/c1-8(15-6)7-12-11(4,5)10(2,3)9(13)14/h8,12H,7H2,1-6H3,(H,13,14). The molecule has 0 spiro atoms. The second-order valence-corrected chi connectivity index (χ2v) is 4.98. The zero-order valence-corrected chi connectivity index (χ0v) is 10.5. The Hall–Kier alpha value is -0.610. The lowest BCUT2D eigenvalue weighted by atomic mass is 9.74. The van der Waals surface area contributed by atoms with Crippen molar-refractivity contribution >= 4 is 5.97 Å². The lowest BCUT2D eigenvalue weighted by molar-refractivity contribution is -0.151. The molecule has 0 bridgehead atoms. The minimum Gasteiger partial charge on any atom is -0.481 e. The topological polar surface area (TPSA) is 58.6 Å². The molecule has 90 valence electrons. The molecular weight excluding hydrogens is 194 g/mol. The summed E-state index contributed by atoms with van der Waals surface area (Å²) in [6.45, 7) is 9.81. The predicted octanol–water partition coefficient (Wildman–Crippen LogP) is 1.50. The van der Waals surface area contributed by atoms with Gasteiger partial charge in [0.1, 0.15) is 0 Å². The average molecular weight is 217 g/mol. The number of methoxy groups -OCH3 is 1. The molecule has 0 aromatic rings. The van der Waals surface area contributed by atoms with Gasteiger partial charge in [-0.15, -0.1) is 0 Å². The van der Waals surface area contributed by atoms with E-state index in [2.05, 4.69) is 5.32 Å². The van der Waals surface area contributed by atoms with E-state index in [1.165, 1.54) is 0 Å². The minimum atomic E-state index is -0.819. The molecule has 1 unspecified atom stereocenters. The van der Waals surface area contributed by atoms with E-state index < -0.39 is 16.9 Å². The Morgan fingerprint density at radius 3 is 2.20 bits per heavy atom. The van der Waals surface area contributed by atoms with Crippen LogP contribution in [0.25, 0.3) is 0 Å². The van der Waals surface area contributed by atoms with E-state index in [1.54, 1.807) is 21.0 Å². The van der Waals surface area contributed by atoms with Gasteiger partial charge >= 0.3 is 5.97 Å². The zero-order chi connectivity index (χ0) is 12.3. The van der Waals surface area contributed by atoms with Crippen molar-refractivity contribution in [2.45, 2.75) is 46.3 Å². The fourth-order valence-electron chi connectivity index (χ4n) is 0.971. The summed E-state index contributed by atoms with van der Waals surface area (Å²) >= 11 is 0. The predicted molar refractivity (Wildman–Crippen MR) is 60.0 cm³/mol. The molecule has 0 saturated carbocycles. The number of nitrogens with one attached hydrogen (secondary N) is 1. The first-order chi connectivity index (χ1) is 6.65. The first kappa shape index (κ1) is 14.4. The first-order valence-corrected chi connectivity index (χ1v) is 5.16. The number of rotatable bonds is 6. The van der Waals surface area contributed by atoms with E-state index in [4.69, 9.17) is 9.84 Å². The van der Waals surface area contributed by atoms with Crippen LogP contribution in [0, 0.1) is 5.41 Å². The highest BCUT2D eigenvalue weighted by Crippen LogP contribution is 2.30. The van der Waals surface area contributed by atoms with Crippen molar-refractivity contribution in [3.8, 4) is 0 Å². The summed E-state index contributed by atoms with van der Waals surface area (Å²) in [5, 5.41) is 12.4. The molecule has 4 heteroatoms. The maximum absolute atomic E-state index is 11.1. The average Bonchev–Trinajstić information content (AvgIpc) is 2.13. The smallest absolute Gasteiger partial charge is 0.310 e. The number of carboxylic acids is 1. The van der Waals surface area contributed by atoms with Crippen LogP contribution in [0.15, 0.2) is 0 Å². The van der Waals surface area contributed by atoms with E-state index in [0.717, 1.165) is 0 Å². The number of ether oxygens (including phenoxy) is 1. The van der Waals surface area contributed by atoms with Crippen LogP contribution in [-0.4, -0.2) is 36.4 Å². The summed E-state index contributed by atoms with van der Waals surface area (Å²) in [6.07, 6.45) is 0.0777. The maximum Gasteiger partial charge on any atom is 0.310 e. The van der Waals surface area contributed by atoms with E-state index in [9.17, 15) is 4.79 Å². The van der Waals surface area contributed by atoms with Gasteiger partial charge in [0.2, 0.25) is 0 Å². The van der Waals surface area contributed by atoms with E-state index in [0.29, 0.717) is 6.54 Å². The van der Waals surface area contributed by atoms with Crippen LogP contribution in [0.2, 0.25) is 0 Å². The third-order valence-electron chi connectivity index (χ3n) is 3.33. The van der Waals surface area contributed by atoms with Gasteiger partial charge in [0.25, 0.3) is 0 Å². The molecule has 0 saturated heterocycles. The molecule has 1 atom stereocenters. The van der Waals surface area contributed by atoms with Gasteiger partial charge in [-0.25, -0.2) is 0 Å². The zero-order valence-electron chi connectivity index (χ0n) is 10.5. The molecule has 4 nitrogen and oxygen atoms in total. The third kappa shape index (κ3) is 3.47. The van der Waals surface area contributed by atoms with Gasteiger partial charge < -0.3 is 15.2 Å². The second kappa shape index (κ2) is 4.94. The Balaban J connectivity index is 4.47. The summed E-state index contributed by atoms with van der Waals surface area (Å²) in [4.78, 5) is 11.1. The van der Waals surface area contributed by atoms with E-state index >= 15 is 0 Å².